The van der Waals surface area contributed by atoms with E-state index in [-0.39, 0.29) is 6.04 Å². The topological polar surface area (TPSA) is 48.1 Å². The Hall–Kier alpha value is -2.55. The summed E-state index contributed by atoms with van der Waals surface area (Å²) in [4.78, 5) is 7.03. The van der Waals surface area contributed by atoms with Gasteiger partial charge in [-0.1, -0.05) is 12.1 Å². The van der Waals surface area contributed by atoms with Crippen LogP contribution in [-0.4, -0.2) is 38.4 Å². The van der Waals surface area contributed by atoms with Crippen molar-refractivity contribution in [1.29, 1.82) is 0 Å². The molecular weight excluding hydrogens is 414 g/mol. The second kappa shape index (κ2) is 8.67. The average molecular weight is 440 g/mol. The van der Waals surface area contributed by atoms with E-state index in [1.54, 1.807) is 18.4 Å². The Balaban J connectivity index is 1.60. The molecule has 0 spiro atoms. The summed E-state index contributed by atoms with van der Waals surface area (Å²) in [5.41, 5.74) is 2.07. The number of thiazole rings is 1. The first-order valence-electron chi connectivity index (χ1n) is 9.89. The van der Waals surface area contributed by atoms with Gasteiger partial charge in [0.2, 0.25) is 0 Å². The van der Waals surface area contributed by atoms with Crippen LogP contribution < -0.4 is 4.74 Å². The monoisotopic (exact) mass is 439 g/mol. The fraction of sp³-hybridized carbons (Fsp3) is 0.318. The highest BCUT2D eigenvalue weighted by Gasteiger charge is 2.19. The van der Waals surface area contributed by atoms with Crippen molar-refractivity contribution in [3.8, 4) is 17.1 Å². The summed E-state index contributed by atoms with van der Waals surface area (Å²) in [6.45, 7) is 5.61. The molecule has 1 unspecified atom stereocenters. The highest BCUT2D eigenvalue weighted by Crippen LogP contribution is 2.29. The zero-order valence-corrected chi connectivity index (χ0v) is 19.2. The first-order chi connectivity index (χ1) is 14.5. The van der Waals surface area contributed by atoms with Crippen LogP contribution in [0.5, 0.6) is 5.75 Å². The van der Waals surface area contributed by atoms with E-state index in [9.17, 15) is 0 Å². The molecule has 4 rings (SSSR count). The van der Waals surface area contributed by atoms with E-state index in [2.05, 4.69) is 48.6 Å². The molecule has 0 N–H and O–H groups in total. The minimum absolute atomic E-state index is 0.153. The molecule has 0 fully saturated rings. The molecule has 0 amide bonds. The first-order valence-corrected chi connectivity index (χ1v) is 11.1. The lowest BCUT2D eigenvalue weighted by atomic mass is 10.2. The molecule has 0 radical (unpaired) electrons. The third kappa shape index (κ3) is 3.90. The van der Waals surface area contributed by atoms with Crippen molar-refractivity contribution >= 4 is 33.8 Å². The number of nitrogens with zero attached hydrogens (tertiary/aromatic N) is 5. The fourth-order valence-electron chi connectivity index (χ4n) is 3.36. The second-order valence-corrected chi connectivity index (χ2v) is 8.60. The number of para-hydroxylation sites is 1. The molecule has 6 nitrogen and oxygen atoms in total. The van der Waals surface area contributed by atoms with Gasteiger partial charge in [0.25, 0.3) is 0 Å². The van der Waals surface area contributed by atoms with Crippen molar-refractivity contribution < 1.29 is 4.74 Å². The number of hydrogen-bond donors (Lipinski definition) is 0. The SMILES string of the molecule is CCn1c(-c2ccc(OC)cc2)nn(CN(C)C(C)c2nc3ccccc3s2)c1=S. The Labute approximate surface area is 185 Å². The highest BCUT2D eigenvalue weighted by atomic mass is 32.1. The molecule has 30 heavy (non-hydrogen) atoms. The number of hydrogen-bond acceptors (Lipinski definition) is 6. The van der Waals surface area contributed by atoms with Crippen molar-refractivity contribution in [2.45, 2.75) is 33.1 Å². The molecule has 4 aromatic rings. The van der Waals surface area contributed by atoms with Gasteiger partial charge in [0.1, 0.15) is 10.8 Å². The number of fused-ring (bicyclic) bond motifs is 1. The molecule has 2 aromatic carbocycles. The average Bonchev–Trinajstić information content (AvgIpc) is 3.34. The summed E-state index contributed by atoms with van der Waals surface area (Å²) < 4.78 is 11.1. The molecule has 156 valence electrons. The molecule has 2 heterocycles. The lowest BCUT2D eigenvalue weighted by molar-refractivity contribution is 0.194. The zero-order chi connectivity index (χ0) is 21.3. The molecule has 0 bridgehead atoms. The third-order valence-electron chi connectivity index (χ3n) is 5.27. The van der Waals surface area contributed by atoms with Crippen LogP contribution in [-0.2, 0) is 13.2 Å². The molecule has 0 aliphatic heterocycles. The van der Waals surface area contributed by atoms with Gasteiger partial charge in [-0.15, -0.1) is 11.3 Å². The fourth-order valence-corrected chi connectivity index (χ4v) is 4.76. The molecular formula is C22H25N5OS2. The van der Waals surface area contributed by atoms with Crippen molar-refractivity contribution in [3.05, 3.63) is 58.3 Å². The van der Waals surface area contributed by atoms with E-state index in [4.69, 9.17) is 27.0 Å². The predicted octanol–water partition coefficient (Wildman–Crippen LogP) is 5.37. The van der Waals surface area contributed by atoms with Crippen LogP contribution >= 0.6 is 23.6 Å². The summed E-state index contributed by atoms with van der Waals surface area (Å²) in [5, 5.41) is 5.93. The lowest BCUT2D eigenvalue weighted by Gasteiger charge is -2.22. The largest absolute Gasteiger partial charge is 0.497 e. The molecule has 2 aromatic heterocycles. The Morgan fingerprint density at radius 2 is 1.90 bits per heavy atom. The maximum atomic E-state index is 5.73. The van der Waals surface area contributed by atoms with E-state index in [0.29, 0.717) is 11.4 Å². The second-order valence-electron chi connectivity index (χ2n) is 7.17. The van der Waals surface area contributed by atoms with Gasteiger partial charge >= 0.3 is 0 Å². The van der Waals surface area contributed by atoms with E-state index < -0.39 is 0 Å². The summed E-state index contributed by atoms with van der Waals surface area (Å²) in [6, 6.07) is 16.3. The smallest absolute Gasteiger partial charge is 0.199 e. The third-order valence-corrected chi connectivity index (χ3v) is 6.91. The van der Waals surface area contributed by atoms with Crippen LogP contribution in [0.3, 0.4) is 0 Å². The number of ether oxygens (including phenoxy) is 1. The summed E-state index contributed by atoms with van der Waals surface area (Å²) >= 11 is 7.47. The van der Waals surface area contributed by atoms with Crippen molar-refractivity contribution in [1.82, 2.24) is 24.2 Å². The first kappa shape index (κ1) is 20.7. The van der Waals surface area contributed by atoms with Crippen LogP contribution in [0.1, 0.15) is 24.9 Å². The molecule has 0 saturated heterocycles. The molecule has 0 saturated carbocycles. The quantitative estimate of drug-likeness (QED) is 0.362. The van der Waals surface area contributed by atoms with Crippen LogP contribution in [0.25, 0.3) is 21.6 Å². The summed E-state index contributed by atoms with van der Waals surface area (Å²) in [7, 11) is 3.75. The number of rotatable bonds is 7. The summed E-state index contributed by atoms with van der Waals surface area (Å²) in [6.07, 6.45) is 0. The maximum Gasteiger partial charge on any atom is 0.199 e. The minimum Gasteiger partial charge on any atom is -0.497 e. The Morgan fingerprint density at radius 3 is 2.57 bits per heavy atom. The van der Waals surface area contributed by atoms with E-state index in [1.807, 2.05) is 35.0 Å². The van der Waals surface area contributed by atoms with Crippen LogP contribution in [0, 0.1) is 4.77 Å². The van der Waals surface area contributed by atoms with Crippen molar-refractivity contribution in [2.75, 3.05) is 14.2 Å². The molecule has 0 aliphatic carbocycles. The highest BCUT2D eigenvalue weighted by molar-refractivity contribution is 7.71. The number of benzene rings is 2. The van der Waals surface area contributed by atoms with Gasteiger partial charge in [-0.25, -0.2) is 9.67 Å². The van der Waals surface area contributed by atoms with Crippen LogP contribution in [0.2, 0.25) is 0 Å². The van der Waals surface area contributed by atoms with Gasteiger partial charge in [0.15, 0.2) is 10.6 Å². The predicted molar refractivity (Wildman–Crippen MR) is 125 cm³/mol. The van der Waals surface area contributed by atoms with Gasteiger partial charge in [0.05, 0.1) is 30.0 Å². The normalized spacial score (nSPS) is 12.6. The van der Waals surface area contributed by atoms with E-state index >= 15 is 0 Å². The van der Waals surface area contributed by atoms with Crippen molar-refractivity contribution in [3.63, 3.8) is 0 Å². The molecule has 1 atom stereocenters. The van der Waals surface area contributed by atoms with Crippen LogP contribution in [0.15, 0.2) is 48.5 Å². The lowest BCUT2D eigenvalue weighted by Crippen LogP contribution is -2.26. The summed E-state index contributed by atoms with van der Waals surface area (Å²) in [5.74, 6) is 1.69. The van der Waals surface area contributed by atoms with E-state index in [0.717, 1.165) is 34.2 Å². The van der Waals surface area contributed by atoms with Gasteiger partial charge in [-0.2, -0.15) is 5.10 Å². The maximum absolute atomic E-state index is 5.73. The van der Waals surface area contributed by atoms with Crippen molar-refractivity contribution in [2.24, 2.45) is 0 Å². The van der Waals surface area contributed by atoms with Gasteiger partial charge in [0, 0.05) is 12.1 Å². The molecule has 0 aliphatic rings. The Bertz CT molecular complexity index is 1180. The van der Waals surface area contributed by atoms with E-state index in [1.165, 1.54) is 4.70 Å². The zero-order valence-electron chi connectivity index (χ0n) is 17.6. The Morgan fingerprint density at radius 1 is 1.17 bits per heavy atom. The van der Waals surface area contributed by atoms with Crippen LogP contribution in [0.4, 0.5) is 0 Å². The standard InChI is InChI=1S/C22H25N5OS2/c1-5-26-20(16-10-12-17(28-4)13-11-16)24-27(22(26)29)14-25(3)15(2)21-23-18-8-6-7-9-19(18)30-21/h6-13,15H,5,14H2,1-4H3. The van der Waals surface area contributed by atoms with Gasteiger partial charge < -0.3 is 9.30 Å². The Kier molecular flexibility index (Phi) is 5.99. The molecule has 8 heteroatoms. The number of aromatic nitrogens is 4. The van der Waals surface area contributed by atoms with Gasteiger partial charge in [-0.3, -0.25) is 4.90 Å². The number of methoxy groups -OCH3 is 1. The minimum atomic E-state index is 0.153. The van der Waals surface area contributed by atoms with Gasteiger partial charge in [-0.05, 0) is 69.5 Å².